The zero-order valence-corrected chi connectivity index (χ0v) is 3.64. The topological polar surface area (TPSA) is 29.1 Å². The van der Waals surface area contributed by atoms with E-state index in [1.54, 1.807) is 6.92 Å². The first-order valence-corrected chi connectivity index (χ1v) is 1.72. The highest BCUT2D eigenvalue weighted by molar-refractivity contribution is 6.05. The summed E-state index contributed by atoms with van der Waals surface area (Å²) in [5.41, 5.74) is 0. The molecular formula is C3H6BNO. The van der Waals surface area contributed by atoms with Crippen LogP contribution < -0.4 is 5.23 Å². The van der Waals surface area contributed by atoms with Crippen molar-refractivity contribution >= 4 is 14.3 Å². The summed E-state index contributed by atoms with van der Waals surface area (Å²) in [5.74, 6) is 0. The molecule has 0 bridgehead atoms. The van der Waals surface area contributed by atoms with Crippen molar-refractivity contribution in [3.05, 3.63) is 0 Å². The minimum atomic E-state index is -0.218. The van der Waals surface area contributed by atoms with Crippen molar-refractivity contribution in [1.29, 1.82) is 0 Å². The van der Waals surface area contributed by atoms with Crippen LogP contribution in [0.1, 0.15) is 6.92 Å². The zero-order valence-electron chi connectivity index (χ0n) is 3.64. The summed E-state index contributed by atoms with van der Waals surface area (Å²) in [5, 5.41) is 2.25. The van der Waals surface area contributed by atoms with Gasteiger partial charge in [-0.25, -0.2) is 0 Å². The van der Waals surface area contributed by atoms with Crippen LogP contribution in [0.3, 0.4) is 0 Å². The van der Waals surface area contributed by atoms with Crippen LogP contribution in [0.5, 0.6) is 0 Å². The van der Waals surface area contributed by atoms with Crippen LogP contribution in [0, 0.1) is 0 Å². The van der Waals surface area contributed by atoms with Crippen molar-refractivity contribution in [2.75, 3.05) is 0 Å². The summed E-state index contributed by atoms with van der Waals surface area (Å²) in [6, 6.07) is -0.218. The fourth-order valence-electron chi connectivity index (χ4n) is 0.0393. The molecule has 2 radical (unpaired) electrons. The fraction of sp³-hybridized carbons (Fsp3) is 0.667. The standard InChI is InChI=1S/C3H6BNO/c1-3(2-6)5-4/h2-3,5H,1H3/t3-/m0/s1. The van der Waals surface area contributed by atoms with E-state index in [1.807, 2.05) is 0 Å². The van der Waals surface area contributed by atoms with Crippen molar-refractivity contribution < 1.29 is 4.79 Å². The van der Waals surface area contributed by atoms with Gasteiger partial charge in [-0.05, 0) is 6.92 Å². The van der Waals surface area contributed by atoms with E-state index in [9.17, 15) is 4.79 Å². The molecule has 6 heavy (non-hydrogen) atoms. The molecule has 1 atom stereocenters. The van der Waals surface area contributed by atoms with Gasteiger partial charge >= 0.3 is 0 Å². The van der Waals surface area contributed by atoms with E-state index in [0.29, 0.717) is 0 Å². The van der Waals surface area contributed by atoms with Crippen molar-refractivity contribution in [2.45, 2.75) is 13.0 Å². The van der Waals surface area contributed by atoms with Crippen LogP contribution in [0.4, 0.5) is 0 Å². The third-order valence-electron chi connectivity index (χ3n) is 0.467. The highest BCUT2D eigenvalue weighted by Crippen LogP contribution is 1.63. The number of aldehydes is 1. The Kier molecular flexibility index (Phi) is 2.76. The lowest BCUT2D eigenvalue weighted by Crippen LogP contribution is -2.23. The first-order chi connectivity index (χ1) is 2.81. The average molecular weight is 82.9 g/mol. The minimum Gasteiger partial charge on any atom is -0.358 e. The molecule has 32 valence electrons. The summed E-state index contributed by atoms with van der Waals surface area (Å²) in [6.07, 6.45) is 0.736. The molecule has 0 aromatic heterocycles. The summed E-state index contributed by atoms with van der Waals surface area (Å²) in [6.45, 7) is 1.67. The second-order valence-electron chi connectivity index (χ2n) is 1.09. The zero-order chi connectivity index (χ0) is 4.99. The molecule has 0 saturated carbocycles. The normalized spacial score (nSPS) is 13.5. The lowest BCUT2D eigenvalue weighted by atomic mass is 10.3. The quantitative estimate of drug-likeness (QED) is 0.351. The summed E-state index contributed by atoms with van der Waals surface area (Å²) in [7, 11) is 4.80. The SMILES string of the molecule is [B]N[C@@H](C)C=O. The summed E-state index contributed by atoms with van der Waals surface area (Å²) < 4.78 is 0. The monoisotopic (exact) mass is 83.1 g/mol. The van der Waals surface area contributed by atoms with Gasteiger partial charge in [0.15, 0.2) is 7.98 Å². The average Bonchev–Trinajstić information content (AvgIpc) is 1.65. The van der Waals surface area contributed by atoms with Crippen molar-refractivity contribution in [2.24, 2.45) is 0 Å². The van der Waals surface area contributed by atoms with Gasteiger partial charge in [-0.1, -0.05) is 0 Å². The Morgan fingerprint density at radius 3 is 2.50 bits per heavy atom. The maximum Gasteiger partial charge on any atom is 0.178 e. The minimum absolute atomic E-state index is 0.218. The molecule has 0 unspecified atom stereocenters. The third-order valence-corrected chi connectivity index (χ3v) is 0.467. The van der Waals surface area contributed by atoms with E-state index in [0.717, 1.165) is 6.29 Å². The van der Waals surface area contributed by atoms with Crippen molar-refractivity contribution in [3.63, 3.8) is 0 Å². The molecule has 0 aromatic rings. The molecule has 0 saturated heterocycles. The Hall–Kier alpha value is -0.305. The highest BCUT2D eigenvalue weighted by atomic mass is 16.1. The van der Waals surface area contributed by atoms with Gasteiger partial charge in [0.05, 0.1) is 0 Å². The largest absolute Gasteiger partial charge is 0.358 e. The molecule has 1 N–H and O–H groups in total. The Bertz CT molecular complexity index is 48.1. The lowest BCUT2D eigenvalue weighted by Gasteiger charge is -1.94. The van der Waals surface area contributed by atoms with Crippen LogP contribution in [-0.4, -0.2) is 20.3 Å². The van der Waals surface area contributed by atoms with Gasteiger partial charge in [-0.15, -0.1) is 0 Å². The Balaban J connectivity index is 2.96. The number of hydrogen-bond acceptors (Lipinski definition) is 2. The van der Waals surface area contributed by atoms with E-state index in [1.165, 1.54) is 0 Å². The van der Waals surface area contributed by atoms with Gasteiger partial charge in [0.25, 0.3) is 0 Å². The van der Waals surface area contributed by atoms with Gasteiger partial charge < -0.3 is 10.0 Å². The van der Waals surface area contributed by atoms with Gasteiger partial charge in [-0.2, -0.15) is 0 Å². The number of nitrogens with one attached hydrogen (secondary N) is 1. The number of carbonyl (C=O) groups excluding carboxylic acids is 1. The van der Waals surface area contributed by atoms with E-state index in [4.69, 9.17) is 7.98 Å². The maximum atomic E-state index is 9.59. The van der Waals surface area contributed by atoms with E-state index in [2.05, 4.69) is 5.23 Å². The van der Waals surface area contributed by atoms with Crippen LogP contribution in [0.25, 0.3) is 0 Å². The number of rotatable bonds is 2. The van der Waals surface area contributed by atoms with E-state index in [-0.39, 0.29) is 6.04 Å². The third kappa shape index (κ3) is 1.97. The Labute approximate surface area is 38.4 Å². The predicted octanol–water partition coefficient (Wildman–Crippen LogP) is -0.753. The summed E-state index contributed by atoms with van der Waals surface area (Å²) >= 11 is 0. The van der Waals surface area contributed by atoms with E-state index >= 15 is 0 Å². The molecule has 0 aromatic carbocycles. The number of carbonyl (C=O) groups is 1. The molecule has 0 aliphatic rings. The molecule has 0 fully saturated rings. The van der Waals surface area contributed by atoms with Crippen LogP contribution in [0.2, 0.25) is 0 Å². The highest BCUT2D eigenvalue weighted by Gasteiger charge is 1.86. The van der Waals surface area contributed by atoms with Crippen LogP contribution >= 0.6 is 0 Å². The molecule has 3 heteroatoms. The van der Waals surface area contributed by atoms with Crippen LogP contribution in [-0.2, 0) is 4.79 Å². The fourth-order valence-corrected chi connectivity index (χ4v) is 0.0393. The smallest absolute Gasteiger partial charge is 0.178 e. The van der Waals surface area contributed by atoms with Gasteiger partial charge in [0, 0.05) is 6.04 Å². The van der Waals surface area contributed by atoms with Gasteiger partial charge in [0.1, 0.15) is 6.29 Å². The van der Waals surface area contributed by atoms with Crippen molar-refractivity contribution in [3.8, 4) is 0 Å². The van der Waals surface area contributed by atoms with Gasteiger partial charge in [-0.3, -0.25) is 0 Å². The second-order valence-corrected chi connectivity index (χ2v) is 1.09. The molecule has 0 heterocycles. The number of hydrogen-bond donors (Lipinski definition) is 1. The molecule has 2 nitrogen and oxygen atoms in total. The molecular weight excluding hydrogens is 76.9 g/mol. The summed E-state index contributed by atoms with van der Waals surface area (Å²) in [4.78, 5) is 9.59. The van der Waals surface area contributed by atoms with Crippen molar-refractivity contribution in [1.82, 2.24) is 5.23 Å². The predicted molar refractivity (Wildman–Crippen MR) is 24.4 cm³/mol. The van der Waals surface area contributed by atoms with Gasteiger partial charge in [0.2, 0.25) is 0 Å². The van der Waals surface area contributed by atoms with E-state index < -0.39 is 0 Å². The Morgan fingerprint density at radius 1 is 2.00 bits per heavy atom. The second kappa shape index (κ2) is 2.91. The van der Waals surface area contributed by atoms with Crippen LogP contribution in [0.15, 0.2) is 0 Å². The lowest BCUT2D eigenvalue weighted by molar-refractivity contribution is -0.108. The molecule has 0 spiro atoms. The molecule has 0 amide bonds. The maximum absolute atomic E-state index is 9.59. The molecule has 0 aliphatic carbocycles. The Morgan fingerprint density at radius 2 is 2.50 bits per heavy atom. The first kappa shape index (κ1) is 5.69. The first-order valence-electron chi connectivity index (χ1n) is 1.72. The molecule has 0 rings (SSSR count). The molecule has 0 aliphatic heterocycles.